The van der Waals surface area contributed by atoms with Crippen molar-refractivity contribution in [2.75, 3.05) is 13.2 Å². The molecule has 1 aromatic carbocycles. The number of hydrogen-bond donors (Lipinski definition) is 1. The zero-order valence-corrected chi connectivity index (χ0v) is 10.3. The molecule has 0 amide bonds. The van der Waals surface area contributed by atoms with E-state index in [0.29, 0.717) is 18.2 Å². The molecule has 0 bridgehead atoms. The van der Waals surface area contributed by atoms with Gasteiger partial charge in [-0.2, -0.15) is 0 Å². The first-order valence-corrected chi connectivity index (χ1v) is 6.38. The second-order valence-electron chi connectivity index (χ2n) is 4.69. The van der Waals surface area contributed by atoms with Gasteiger partial charge in [0.05, 0.1) is 6.61 Å². The van der Waals surface area contributed by atoms with Gasteiger partial charge in [-0.25, -0.2) is 4.39 Å². The van der Waals surface area contributed by atoms with Gasteiger partial charge in [0.15, 0.2) is 0 Å². The Morgan fingerprint density at radius 3 is 3.06 bits per heavy atom. The second-order valence-corrected chi connectivity index (χ2v) is 4.69. The maximum atomic E-state index is 13.0. The van der Waals surface area contributed by atoms with E-state index in [2.05, 4.69) is 5.32 Å². The molecular formula is C14H20FNO. The largest absolute Gasteiger partial charge is 0.494 e. The van der Waals surface area contributed by atoms with E-state index in [-0.39, 0.29) is 5.82 Å². The number of hydrogen-bond acceptors (Lipinski definition) is 2. The monoisotopic (exact) mass is 237 g/mol. The average Bonchev–Trinajstić information content (AvgIpc) is 2.82. The molecule has 2 nitrogen and oxygen atoms in total. The normalized spacial score (nSPS) is 19.5. The van der Waals surface area contributed by atoms with E-state index < -0.39 is 0 Å². The lowest BCUT2D eigenvalue weighted by molar-refractivity contribution is 0.298. The lowest BCUT2D eigenvalue weighted by atomic mass is 10.1. The first-order valence-electron chi connectivity index (χ1n) is 6.38. The van der Waals surface area contributed by atoms with Gasteiger partial charge >= 0.3 is 0 Å². The Labute approximate surface area is 102 Å². The minimum Gasteiger partial charge on any atom is -0.494 e. The van der Waals surface area contributed by atoms with Crippen molar-refractivity contribution >= 4 is 0 Å². The molecule has 0 saturated carbocycles. The van der Waals surface area contributed by atoms with Crippen molar-refractivity contribution in [3.8, 4) is 5.75 Å². The molecule has 1 N–H and O–H groups in total. The van der Waals surface area contributed by atoms with E-state index in [1.165, 1.54) is 25.3 Å². The van der Waals surface area contributed by atoms with Crippen LogP contribution in [-0.4, -0.2) is 19.2 Å². The summed E-state index contributed by atoms with van der Waals surface area (Å²) in [4.78, 5) is 0. The summed E-state index contributed by atoms with van der Waals surface area (Å²) in [6, 6.07) is 5.58. The lowest BCUT2D eigenvalue weighted by Crippen LogP contribution is -2.21. The van der Waals surface area contributed by atoms with Gasteiger partial charge in [-0.05, 0) is 62.9 Å². The average molecular weight is 237 g/mol. The third-order valence-corrected chi connectivity index (χ3v) is 3.26. The number of ether oxygens (including phenoxy) is 1. The Bertz CT molecular complexity index is 361. The first-order chi connectivity index (χ1) is 8.25. The van der Waals surface area contributed by atoms with Crippen LogP contribution in [0.3, 0.4) is 0 Å². The van der Waals surface area contributed by atoms with Gasteiger partial charge in [0.1, 0.15) is 11.6 Å². The van der Waals surface area contributed by atoms with Gasteiger partial charge in [0.25, 0.3) is 0 Å². The fourth-order valence-corrected chi connectivity index (χ4v) is 2.23. The highest BCUT2D eigenvalue weighted by Crippen LogP contribution is 2.17. The van der Waals surface area contributed by atoms with E-state index in [0.717, 1.165) is 18.7 Å². The van der Waals surface area contributed by atoms with Gasteiger partial charge in [0.2, 0.25) is 0 Å². The highest BCUT2D eigenvalue weighted by Gasteiger charge is 2.12. The second kappa shape index (κ2) is 6.01. The maximum Gasteiger partial charge on any atom is 0.126 e. The number of rotatable bonds is 5. The van der Waals surface area contributed by atoms with Crippen molar-refractivity contribution < 1.29 is 9.13 Å². The van der Waals surface area contributed by atoms with E-state index in [1.54, 1.807) is 19.1 Å². The molecule has 1 heterocycles. The van der Waals surface area contributed by atoms with Crippen LogP contribution in [0.2, 0.25) is 0 Å². The molecule has 1 aliphatic rings. The summed E-state index contributed by atoms with van der Waals surface area (Å²) < 4.78 is 18.6. The Hall–Kier alpha value is -1.09. The predicted octanol–water partition coefficient (Wildman–Crippen LogP) is 3.05. The number of aryl methyl sites for hydroxylation is 1. The molecule has 0 spiro atoms. The Kier molecular flexibility index (Phi) is 4.37. The highest BCUT2D eigenvalue weighted by atomic mass is 19.1. The molecule has 0 radical (unpaired) electrons. The van der Waals surface area contributed by atoms with Crippen LogP contribution >= 0.6 is 0 Å². The molecule has 3 heteroatoms. The molecule has 1 fully saturated rings. The zero-order chi connectivity index (χ0) is 12.1. The van der Waals surface area contributed by atoms with E-state index in [4.69, 9.17) is 4.74 Å². The van der Waals surface area contributed by atoms with Crippen LogP contribution < -0.4 is 10.1 Å². The summed E-state index contributed by atoms with van der Waals surface area (Å²) >= 11 is 0. The van der Waals surface area contributed by atoms with Crippen LogP contribution in [0.1, 0.15) is 31.2 Å². The fourth-order valence-electron chi connectivity index (χ4n) is 2.23. The van der Waals surface area contributed by atoms with Crippen molar-refractivity contribution in [3.63, 3.8) is 0 Å². The third kappa shape index (κ3) is 3.70. The number of nitrogens with one attached hydrogen (secondary N) is 1. The highest BCUT2D eigenvalue weighted by molar-refractivity contribution is 5.28. The predicted molar refractivity (Wildman–Crippen MR) is 66.9 cm³/mol. The minimum atomic E-state index is -0.174. The van der Waals surface area contributed by atoms with Gasteiger partial charge in [0, 0.05) is 6.04 Å². The van der Waals surface area contributed by atoms with E-state index in [9.17, 15) is 4.39 Å². The SMILES string of the molecule is Cc1cc(OCCCC2CCCN2)ccc1F. The summed E-state index contributed by atoms with van der Waals surface area (Å²) in [5.74, 6) is 0.593. The van der Waals surface area contributed by atoms with Crippen LogP contribution in [-0.2, 0) is 0 Å². The fraction of sp³-hybridized carbons (Fsp3) is 0.571. The van der Waals surface area contributed by atoms with Crippen molar-refractivity contribution in [2.24, 2.45) is 0 Å². The van der Waals surface area contributed by atoms with E-state index in [1.807, 2.05) is 0 Å². The topological polar surface area (TPSA) is 21.3 Å². The molecule has 17 heavy (non-hydrogen) atoms. The molecule has 2 rings (SSSR count). The standard InChI is InChI=1S/C14H20FNO/c1-11-10-13(6-7-14(11)15)17-9-3-5-12-4-2-8-16-12/h6-7,10,12,16H,2-5,8-9H2,1H3. The number of halogens is 1. The van der Waals surface area contributed by atoms with Crippen molar-refractivity contribution in [1.82, 2.24) is 5.32 Å². The van der Waals surface area contributed by atoms with Gasteiger partial charge in [-0.1, -0.05) is 0 Å². The molecular weight excluding hydrogens is 217 g/mol. The molecule has 1 saturated heterocycles. The summed E-state index contributed by atoms with van der Waals surface area (Å²) in [6.07, 6.45) is 4.80. The minimum absolute atomic E-state index is 0.174. The molecule has 1 aromatic rings. The van der Waals surface area contributed by atoms with Crippen LogP contribution in [0, 0.1) is 12.7 Å². The summed E-state index contributed by atoms with van der Waals surface area (Å²) in [6.45, 7) is 3.62. The van der Waals surface area contributed by atoms with Gasteiger partial charge < -0.3 is 10.1 Å². The molecule has 1 aliphatic heterocycles. The zero-order valence-electron chi connectivity index (χ0n) is 10.3. The summed E-state index contributed by atoms with van der Waals surface area (Å²) in [5.41, 5.74) is 0.639. The first kappa shape index (κ1) is 12.4. The number of benzene rings is 1. The Balaban J connectivity index is 1.68. The van der Waals surface area contributed by atoms with Crippen LogP contribution in [0.15, 0.2) is 18.2 Å². The quantitative estimate of drug-likeness (QED) is 0.795. The Morgan fingerprint density at radius 2 is 2.35 bits per heavy atom. The van der Waals surface area contributed by atoms with Gasteiger partial charge in [-0.3, -0.25) is 0 Å². The third-order valence-electron chi connectivity index (χ3n) is 3.26. The summed E-state index contributed by atoms with van der Waals surface area (Å²) in [7, 11) is 0. The van der Waals surface area contributed by atoms with Gasteiger partial charge in [-0.15, -0.1) is 0 Å². The van der Waals surface area contributed by atoms with Crippen molar-refractivity contribution in [2.45, 2.75) is 38.6 Å². The van der Waals surface area contributed by atoms with Crippen molar-refractivity contribution in [3.05, 3.63) is 29.6 Å². The Morgan fingerprint density at radius 1 is 1.47 bits per heavy atom. The lowest BCUT2D eigenvalue weighted by Gasteiger charge is -2.11. The molecule has 0 aromatic heterocycles. The maximum absolute atomic E-state index is 13.0. The smallest absolute Gasteiger partial charge is 0.126 e. The van der Waals surface area contributed by atoms with Crippen molar-refractivity contribution in [1.29, 1.82) is 0 Å². The molecule has 94 valence electrons. The molecule has 0 aliphatic carbocycles. The summed E-state index contributed by atoms with van der Waals surface area (Å²) in [5, 5.41) is 3.47. The van der Waals surface area contributed by atoms with Crippen LogP contribution in [0.25, 0.3) is 0 Å². The van der Waals surface area contributed by atoms with E-state index >= 15 is 0 Å². The van der Waals surface area contributed by atoms with Crippen LogP contribution in [0.4, 0.5) is 4.39 Å². The van der Waals surface area contributed by atoms with Crippen LogP contribution in [0.5, 0.6) is 5.75 Å². The molecule has 1 atom stereocenters. The molecule has 1 unspecified atom stereocenters.